The quantitative estimate of drug-likeness (QED) is 0.827. The predicted octanol–water partition coefficient (Wildman–Crippen LogP) is 2.37. The fourth-order valence-electron chi connectivity index (χ4n) is 1.70. The zero-order chi connectivity index (χ0) is 13.8. The molecular weight excluding hydrogens is 245 g/mol. The topological polar surface area (TPSA) is 57.0 Å². The lowest BCUT2D eigenvalue weighted by Crippen LogP contribution is -2.27. The minimum atomic E-state index is -0.686. The van der Waals surface area contributed by atoms with Gasteiger partial charge in [0.2, 0.25) is 0 Å². The Kier molecular flexibility index (Phi) is 3.53. The highest BCUT2D eigenvalue weighted by atomic mass is 19.1. The lowest BCUT2D eigenvalue weighted by atomic mass is 10.1. The molecule has 0 bridgehead atoms. The number of benzene rings is 1. The zero-order valence-corrected chi connectivity index (χ0v) is 10.2. The molecule has 0 saturated carbocycles. The molecule has 0 N–H and O–H groups in total. The first-order chi connectivity index (χ1) is 9.15. The van der Waals surface area contributed by atoms with Crippen LogP contribution < -0.4 is 4.90 Å². The van der Waals surface area contributed by atoms with Gasteiger partial charge in [0.15, 0.2) is 5.82 Å². The van der Waals surface area contributed by atoms with Crippen molar-refractivity contribution in [2.24, 2.45) is 0 Å². The Bertz CT molecular complexity index is 664. The normalized spacial score (nSPS) is 9.74. The molecule has 0 unspecified atom stereocenters. The van der Waals surface area contributed by atoms with E-state index >= 15 is 0 Å². The summed E-state index contributed by atoms with van der Waals surface area (Å²) in [4.78, 5) is 17.0. The van der Waals surface area contributed by atoms with E-state index in [4.69, 9.17) is 5.26 Å². The maximum atomic E-state index is 13.5. The maximum Gasteiger partial charge on any atom is 0.261 e. The van der Waals surface area contributed by atoms with E-state index in [9.17, 15) is 9.18 Å². The third kappa shape index (κ3) is 2.43. The SMILES string of the molecule is CN(C(=O)c1ccncc1F)c1ccccc1C#N. The van der Waals surface area contributed by atoms with E-state index in [1.807, 2.05) is 6.07 Å². The van der Waals surface area contributed by atoms with Gasteiger partial charge in [-0.2, -0.15) is 5.26 Å². The number of anilines is 1. The molecule has 4 nitrogen and oxygen atoms in total. The van der Waals surface area contributed by atoms with Crippen LogP contribution in [0.5, 0.6) is 0 Å². The van der Waals surface area contributed by atoms with E-state index < -0.39 is 11.7 Å². The molecule has 0 radical (unpaired) electrons. The molecule has 0 aliphatic heterocycles. The van der Waals surface area contributed by atoms with Gasteiger partial charge in [-0.25, -0.2) is 4.39 Å². The predicted molar refractivity (Wildman–Crippen MR) is 68.1 cm³/mol. The summed E-state index contributed by atoms with van der Waals surface area (Å²) in [6, 6.07) is 9.95. The first kappa shape index (κ1) is 12.7. The van der Waals surface area contributed by atoms with Crippen LogP contribution in [0.2, 0.25) is 0 Å². The number of halogens is 1. The Balaban J connectivity index is 2.40. The van der Waals surface area contributed by atoms with E-state index in [1.165, 1.54) is 24.2 Å². The number of para-hydroxylation sites is 1. The van der Waals surface area contributed by atoms with Crippen molar-refractivity contribution >= 4 is 11.6 Å². The second-order valence-electron chi connectivity index (χ2n) is 3.85. The summed E-state index contributed by atoms with van der Waals surface area (Å²) in [7, 11) is 1.50. The minimum Gasteiger partial charge on any atom is -0.310 e. The van der Waals surface area contributed by atoms with Crippen molar-refractivity contribution in [1.29, 1.82) is 5.26 Å². The second kappa shape index (κ2) is 5.27. The van der Waals surface area contributed by atoms with Gasteiger partial charge in [0.25, 0.3) is 5.91 Å². The summed E-state index contributed by atoms with van der Waals surface area (Å²) in [5, 5.41) is 9.00. The first-order valence-electron chi connectivity index (χ1n) is 5.52. The molecule has 0 saturated heterocycles. The number of hydrogen-bond donors (Lipinski definition) is 0. The van der Waals surface area contributed by atoms with Crippen LogP contribution in [-0.4, -0.2) is 17.9 Å². The van der Waals surface area contributed by atoms with Crippen LogP contribution >= 0.6 is 0 Å². The van der Waals surface area contributed by atoms with Gasteiger partial charge in [0.1, 0.15) is 6.07 Å². The molecule has 1 aromatic carbocycles. The fraction of sp³-hybridized carbons (Fsp3) is 0.0714. The van der Waals surface area contributed by atoms with Gasteiger partial charge in [0, 0.05) is 13.2 Å². The van der Waals surface area contributed by atoms with Gasteiger partial charge in [-0.3, -0.25) is 9.78 Å². The summed E-state index contributed by atoms with van der Waals surface area (Å²) < 4.78 is 13.5. The van der Waals surface area contributed by atoms with Crippen LogP contribution in [0.4, 0.5) is 10.1 Å². The van der Waals surface area contributed by atoms with E-state index in [-0.39, 0.29) is 5.56 Å². The van der Waals surface area contributed by atoms with Crippen molar-refractivity contribution < 1.29 is 9.18 Å². The molecule has 1 amide bonds. The zero-order valence-electron chi connectivity index (χ0n) is 10.2. The fourth-order valence-corrected chi connectivity index (χ4v) is 1.70. The Morgan fingerprint density at radius 3 is 2.79 bits per heavy atom. The third-order valence-electron chi connectivity index (χ3n) is 2.69. The molecular formula is C14H10FN3O. The molecule has 94 valence electrons. The summed E-state index contributed by atoms with van der Waals surface area (Å²) >= 11 is 0. The van der Waals surface area contributed by atoms with E-state index in [2.05, 4.69) is 4.98 Å². The third-order valence-corrected chi connectivity index (χ3v) is 2.69. The number of carbonyl (C=O) groups is 1. The number of amides is 1. The Hall–Kier alpha value is -2.74. The van der Waals surface area contributed by atoms with Crippen molar-refractivity contribution in [3.63, 3.8) is 0 Å². The van der Waals surface area contributed by atoms with E-state index in [0.29, 0.717) is 11.3 Å². The highest BCUT2D eigenvalue weighted by Crippen LogP contribution is 2.20. The molecule has 1 heterocycles. The second-order valence-corrected chi connectivity index (χ2v) is 3.85. The highest BCUT2D eigenvalue weighted by molar-refractivity contribution is 6.06. The summed E-state index contributed by atoms with van der Waals surface area (Å²) in [5.74, 6) is -1.21. The van der Waals surface area contributed by atoms with Crippen LogP contribution in [0.25, 0.3) is 0 Å². The Morgan fingerprint density at radius 1 is 1.37 bits per heavy atom. The van der Waals surface area contributed by atoms with Gasteiger partial charge >= 0.3 is 0 Å². The number of hydrogen-bond acceptors (Lipinski definition) is 3. The van der Waals surface area contributed by atoms with Crippen molar-refractivity contribution in [3.8, 4) is 6.07 Å². The molecule has 0 spiro atoms. The van der Waals surface area contributed by atoms with Crippen molar-refractivity contribution in [2.45, 2.75) is 0 Å². The van der Waals surface area contributed by atoms with Crippen LogP contribution in [0.1, 0.15) is 15.9 Å². The molecule has 2 aromatic rings. The molecule has 0 aliphatic rings. The van der Waals surface area contributed by atoms with Gasteiger partial charge < -0.3 is 4.90 Å². The van der Waals surface area contributed by atoms with E-state index in [1.54, 1.807) is 24.3 Å². The summed E-state index contributed by atoms with van der Waals surface area (Å²) in [5.41, 5.74) is 0.712. The van der Waals surface area contributed by atoms with Crippen molar-refractivity contribution in [3.05, 3.63) is 59.7 Å². The molecule has 5 heteroatoms. The van der Waals surface area contributed by atoms with Crippen molar-refractivity contribution in [1.82, 2.24) is 4.98 Å². The molecule has 0 fully saturated rings. The molecule has 19 heavy (non-hydrogen) atoms. The minimum absolute atomic E-state index is 0.0785. The lowest BCUT2D eigenvalue weighted by molar-refractivity contribution is 0.0989. The molecule has 0 atom stereocenters. The lowest BCUT2D eigenvalue weighted by Gasteiger charge is -2.18. The number of nitriles is 1. The number of nitrogens with zero attached hydrogens (tertiary/aromatic N) is 3. The smallest absolute Gasteiger partial charge is 0.261 e. The molecule has 1 aromatic heterocycles. The van der Waals surface area contributed by atoms with Gasteiger partial charge in [-0.15, -0.1) is 0 Å². The summed E-state index contributed by atoms with van der Waals surface area (Å²) in [6.07, 6.45) is 2.33. The van der Waals surface area contributed by atoms with Gasteiger partial charge in [0.05, 0.1) is 23.0 Å². The van der Waals surface area contributed by atoms with Crippen LogP contribution in [0.3, 0.4) is 0 Å². The average molecular weight is 255 g/mol. The largest absolute Gasteiger partial charge is 0.310 e. The molecule has 0 aliphatic carbocycles. The number of aromatic nitrogens is 1. The van der Waals surface area contributed by atoms with E-state index in [0.717, 1.165) is 6.20 Å². The maximum absolute atomic E-state index is 13.5. The first-order valence-corrected chi connectivity index (χ1v) is 5.52. The van der Waals surface area contributed by atoms with Crippen molar-refractivity contribution in [2.75, 3.05) is 11.9 Å². The van der Waals surface area contributed by atoms with Gasteiger partial charge in [-0.1, -0.05) is 12.1 Å². The Labute approximate surface area is 109 Å². The van der Waals surface area contributed by atoms with Crippen LogP contribution in [0, 0.1) is 17.1 Å². The van der Waals surface area contributed by atoms with Crippen LogP contribution in [0.15, 0.2) is 42.7 Å². The highest BCUT2D eigenvalue weighted by Gasteiger charge is 2.19. The van der Waals surface area contributed by atoms with Gasteiger partial charge in [-0.05, 0) is 18.2 Å². The number of carbonyl (C=O) groups excluding carboxylic acids is 1. The van der Waals surface area contributed by atoms with Crippen LogP contribution in [-0.2, 0) is 0 Å². The average Bonchev–Trinajstić information content (AvgIpc) is 2.46. The monoisotopic (exact) mass is 255 g/mol. The summed E-state index contributed by atoms with van der Waals surface area (Å²) in [6.45, 7) is 0. The molecule has 2 rings (SSSR count). The Morgan fingerprint density at radius 2 is 2.11 bits per heavy atom. The number of rotatable bonds is 2. The number of pyridine rings is 1. The standard InChI is InChI=1S/C14H10FN3O/c1-18(13-5-3-2-4-10(13)8-16)14(19)11-6-7-17-9-12(11)15/h2-7,9H,1H3.